The van der Waals surface area contributed by atoms with E-state index >= 15 is 0 Å². The minimum absolute atomic E-state index is 0.344. The van der Waals surface area contributed by atoms with Crippen molar-refractivity contribution in [2.24, 2.45) is 11.7 Å². The van der Waals surface area contributed by atoms with Gasteiger partial charge in [0.25, 0.3) is 0 Å². The molecule has 1 unspecified atom stereocenters. The first-order valence-corrected chi connectivity index (χ1v) is 5.43. The SMILES string of the molecule is NCC(O)(Cc1nccs1)C1CC1. The lowest BCUT2D eigenvalue weighted by Gasteiger charge is -2.25. The maximum Gasteiger partial charge on any atom is 0.0954 e. The third-order valence-electron chi connectivity index (χ3n) is 2.63. The molecule has 2 rings (SSSR count). The van der Waals surface area contributed by atoms with Gasteiger partial charge in [0.05, 0.1) is 10.6 Å². The molecule has 0 radical (unpaired) electrons. The Labute approximate surface area is 81.6 Å². The molecule has 1 aliphatic carbocycles. The van der Waals surface area contributed by atoms with Gasteiger partial charge >= 0.3 is 0 Å². The molecular formula is C9H14N2OS. The number of hydrogen-bond acceptors (Lipinski definition) is 4. The molecule has 72 valence electrons. The van der Waals surface area contributed by atoms with E-state index in [0.717, 1.165) is 17.8 Å². The van der Waals surface area contributed by atoms with Crippen LogP contribution in [0.5, 0.6) is 0 Å². The molecule has 1 aliphatic rings. The highest BCUT2D eigenvalue weighted by Crippen LogP contribution is 2.41. The Kier molecular flexibility index (Phi) is 2.36. The molecule has 3 nitrogen and oxygen atoms in total. The average molecular weight is 198 g/mol. The van der Waals surface area contributed by atoms with E-state index in [2.05, 4.69) is 4.98 Å². The molecule has 1 saturated carbocycles. The van der Waals surface area contributed by atoms with Crippen LogP contribution in [-0.4, -0.2) is 22.2 Å². The second-order valence-corrected chi connectivity index (χ2v) is 4.66. The van der Waals surface area contributed by atoms with Crippen LogP contribution >= 0.6 is 11.3 Å². The third-order valence-corrected chi connectivity index (χ3v) is 3.41. The van der Waals surface area contributed by atoms with Gasteiger partial charge in [-0.05, 0) is 18.8 Å². The van der Waals surface area contributed by atoms with Crippen molar-refractivity contribution in [2.75, 3.05) is 6.54 Å². The van der Waals surface area contributed by atoms with Crippen LogP contribution in [0.25, 0.3) is 0 Å². The first-order valence-electron chi connectivity index (χ1n) is 4.55. The molecule has 1 atom stereocenters. The van der Waals surface area contributed by atoms with Gasteiger partial charge in [-0.25, -0.2) is 4.98 Å². The summed E-state index contributed by atoms with van der Waals surface area (Å²) in [5.74, 6) is 0.404. The van der Waals surface area contributed by atoms with E-state index in [4.69, 9.17) is 5.73 Å². The van der Waals surface area contributed by atoms with Gasteiger partial charge in [0.1, 0.15) is 0 Å². The molecule has 3 N–H and O–H groups in total. The fraction of sp³-hybridized carbons (Fsp3) is 0.667. The van der Waals surface area contributed by atoms with Gasteiger partial charge in [0.2, 0.25) is 0 Å². The van der Waals surface area contributed by atoms with Gasteiger partial charge in [0.15, 0.2) is 0 Å². The molecule has 0 aliphatic heterocycles. The van der Waals surface area contributed by atoms with Gasteiger partial charge in [-0.3, -0.25) is 0 Å². The van der Waals surface area contributed by atoms with Gasteiger partial charge in [-0.1, -0.05) is 0 Å². The topological polar surface area (TPSA) is 59.1 Å². The van der Waals surface area contributed by atoms with E-state index in [0.29, 0.717) is 18.9 Å². The van der Waals surface area contributed by atoms with Crippen LogP contribution in [0.3, 0.4) is 0 Å². The first-order chi connectivity index (χ1) is 6.24. The molecule has 1 aromatic rings. The maximum absolute atomic E-state index is 10.2. The average Bonchev–Trinajstić information content (AvgIpc) is 2.88. The molecule has 4 heteroatoms. The summed E-state index contributed by atoms with van der Waals surface area (Å²) in [6.07, 6.45) is 4.60. The van der Waals surface area contributed by atoms with Crippen molar-refractivity contribution in [2.45, 2.75) is 24.9 Å². The number of nitrogens with two attached hydrogens (primary N) is 1. The second kappa shape index (κ2) is 3.36. The van der Waals surface area contributed by atoms with E-state index in [1.54, 1.807) is 17.5 Å². The monoisotopic (exact) mass is 198 g/mol. The van der Waals surface area contributed by atoms with E-state index in [-0.39, 0.29) is 0 Å². The summed E-state index contributed by atoms with van der Waals surface area (Å²) in [5.41, 5.74) is 4.89. The molecule has 0 aromatic carbocycles. The highest BCUT2D eigenvalue weighted by molar-refractivity contribution is 7.09. The van der Waals surface area contributed by atoms with Crippen molar-refractivity contribution in [1.82, 2.24) is 4.98 Å². The quantitative estimate of drug-likeness (QED) is 0.752. The number of thiazole rings is 1. The Hall–Kier alpha value is -0.450. The molecule has 1 fully saturated rings. The van der Waals surface area contributed by atoms with Gasteiger partial charge in [0, 0.05) is 24.5 Å². The third kappa shape index (κ3) is 1.90. The van der Waals surface area contributed by atoms with Crippen LogP contribution in [0.2, 0.25) is 0 Å². The lowest BCUT2D eigenvalue weighted by molar-refractivity contribution is 0.0266. The van der Waals surface area contributed by atoms with Crippen LogP contribution in [0, 0.1) is 5.92 Å². The van der Waals surface area contributed by atoms with Crippen molar-refractivity contribution in [3.8, 4) is 0 Å². The molecular weight excluding hydrogens is 184 g/mol. The highest BCUT2D eigenvalue weighted by atomic mass is 32.1. The molecule has 0 saturated heterocycles. The van der Waals surface area contributed by atoms with Crippen molar-refractivity contribution in [3.05, 3.63) is 16.6 Å². The van der Waals surface area contributed by atoms with Crippen molar-refractivity contribution < 1.29 is 5.11 Å². The lowest BCUT2D eigenvalue weighted by Crippen LogP contribution is -2.42. The molecule has 1 heterocycles. The Morgan fingerprint density at radius 2 is 2.46 bits per heavy atom. The van der Waals surface area contributed by atoms with Gasteiger partial charge in [-0.15, -0.1) is 11.3 Å². The lowest BCUT2D eigenvalue weighted by atomic mass is 9.94. The fourth-order valence-corrected chi connectivity index (χ4v) is 2.34. The minimum Gasteiger partial charge on any atom is -0.388 e. The smallest absolute Gasteiger partial charge is 0.0954 e. The zero-order valence-electron chi connectivity index (χ0n) is 7.44. The number of aromatic nitrogens is 1. The molecule has 0 bridgehead atoms. The summed E-state index contributed by atoms with van der Waals surface area (Å²) in [6.45, 7) is 0.344. The summed E-state index contributed by atoms with van der Waals surface area (Å²) in [5, 5.41) is 13.1. The largest absolute Gasteiger partial charge is 0.388 e. The summed E-state index contributed by atoms with van der Waals surface area (Å²) in [4.78, 5) is 4.16. The second-order valence-electron chi connectivity index (χ2n) is 3.68. The van der Waals surface area contributed by atoms with Crippen LogP contribution in [-0.2, 0) is 6.42 Å². The zero-order chi connectivity index (χ0) is 9.31. The summed E-state index contributed by atoms with van der Waals surface area (Å²) >= 11 is 1.58. The van der Waals surface area contributed by atoms with Crippen LogP contribution in [0.4, 0.5) is 0 Å². The summed E-state index contributed by atoms with van der Waals surface area (Å²) in [6, 6.07) is 0. The Balaban J connectivity index is 2.05. The minimum atomic E-state index is -0.697. The summed E-state index contributed by atoms with van der Waals surface area (Å²) in [7, 11) is 0. The van der Waals surface area contributed by atoms with E-state index in [9.17, 15) is 5.11 Å². The number of aliphatic hydroxyl groups is 1. The Morgan fingerprint density at radius 3 is 2.92 bits per heavy atom. The van der Waals surface area contributed by atoms with Gasteiger partial charge in [-0.2, -0.15) is 0 Å². The van der Waals surface area contributed by atoms with Crippen molar-refractivity contribution in [1.29, 1.82) is 0 Å². The molecule has 0 amide bonds. The Morgan fingerprint density at radius 1 is 1.69 bits per heavy atom. The molecule has 0 spiro atoms. The summed E-state index contributed by atoms with van der Waals surface area (Å²) < 4.78 is 0. The first kappa shape index (κ1) is 9.12. The number of nitrogens with zero attached hydrogens (tertiary/aromatic N) is 1. The predicted molar refractivity (Wildman–Crippen MR) is 52.5 cm³/mol. The Bertz CT molecular complexity index is 271. The molecule has 13 heavy (non-hydrogen) atoms. The zero-order valence-corrected chi connectivity index (χ0v) is 8.26. The van der Waals surface area contributed by atoms with Gasteiger partial charge < -0.3 is 10.8 Å². The van der Waals surface area contributed by atoms with Crippen LogP contribution in [0.15, 0.2) is 11.6 Å². The van der Waals surface area contributed by atoms with Crippen LogP contribution < -0.4 is 5.73 Å². The number of rotatable bonds is 4. The van der Waals surface area contributed by atoms with E-state index in [1.165, 1.54) is 0 Å². The van der Waals surface area contributed by atoms with Crippen molar-refractivity contribution in [3.63, 3.8) is 0 Å². The molecule has 1 aromatic heterocycles. The van der Waals surface area contributed by atoms with Crippen LogP contribution in [0.1, 0.15) is 17.8 Å². The predicted octanol–water partition coefficient (Wildman–Crippen LogP) is 0.785. The normalized spacial score (nSPS) is 21.4. The fourth-order valence-electron chi connectivity index (χ4n) is 1.61. The standard InChI is InChI=1S/C9H14N2OS/c10-6-9(12,7-1-2-7)5-8-11-3-4-13-8/h3-4,7,12H,1-2,5-6,10H2. The maximum atomic E-state index is 10.2. The van der Waals surface area contributed by atoms with E-state index < -0.39 is 5.60 Å². The van der Waals surface area contributed by atoms with E-state index in [1.807, 2.05) is 5.38 Å². The van der Waals surface area contributed by atoms with Crippen molar-refractivity contribution >= 4 is 11.3 Å². The highest BCUT2D eigenvalue weighted by Gasteiger charge is 2.43. The number of hydrogen-bond donors (Lipinski definition) is 2.